The Balaban J connectivity index is 1.54. The fourth-order valence-electron chi connectivity index (χ4n) is 2.64. The first-order valence-electron chi connectivity index (χ1n) is 7.28. The van der Waals surface area contributed by atoms with Crippen LogP contribution in [0.15, 0.2) is 18.2 Å². The zero-order valence-corrected chi connectivity index (χ0v) is 11.4. The van der Waals surface area contributed by atoms with Gasteiger partial charge in [0.05, 0.1) is 13.2 Å². The smallest absolute Gasteiger partial charge is 0.163 e. The molecule has 4 nitrogen and oxygen atoms in total. The van der Waals surface area contributed by atoms with Crippen molar-refractivity contribution in [1.29, 1.82) is 0 Å². The Kier molecular flexibility index (Phi) is 4.08. The Hall–Kier alpha value is -1.42. The van der Waals surface area contributed by atoms with E-state index >= 15 is 0 Å². The van der Waals surface area contributed by atoms with E-state index in [1.165, 1.54) is 25.9 Å². The summed E-state index contributed by atoms with van der Waals surface area (Å²) in [5.74, 6) is 1.73. The number of rotatable bonds is 4. The van der Waals surface area contributed by atoms with Gasteiger partial charge in [-0.2, -0.15) is 0 Å². The number of hydrogen-bond acceptors (Lipinski definition) is 4. The fraction of sp³-hybridized carbons (Fsp3) is 0.600. The quantitative estimate of drug-likeness (QED) is 0.903. The lowest BCUT2D eigenvalue weighted by Gasteiger charge is -2.16. The van der Waals surface area contributed by atoms with Crippen molar-refractivity contribution < 1.29 is 9.47 Å². The Bertz CT molecular complexity index is 417. The average Bonchev–Trinajstić information content (AvgIpc) is 2.83. The van der Waals surface area contributed by atoms with Crippen LogP contribution in [0.5, 0.6) is 11.5 Å². The average molecular weight is 262 g/mol. The number of hydrogen-bond donors (Lipinski definition) is 1. The van der Waals surface area contributed by atoms with Crippen LogP contribution in [0.1, 0.15) is 19.3 Å². The summed E-state index contributed by atoms with van der Waals surface area (Å²) in [6.07, 6.45) is 3.65. The van der Waals surface area contributed by atoms with Crippen LogP contribution in [-0.4, -0.2) is 44.3 Å². The van der Waals surface area contributed by atoms with Crippen LogP contribution < -0.4 is 14.8 Å². The Morgan fingerprint density at radius 3 is 2.63 bits per heavy atom. The van der Waals surface area contributed by atoms with E-state index in [9.17, 15) is 0 Å². The molecule has 19 heavy (non-hydrogen) atoms. The van der Waals surface area contributed by atoms with Crippen molar-refractivity contribution in [3.8, 4) is 11.5 Å². The number of nitrogens with one attached hydrogen (secondary N) is 1. The van der Waals surface area contributed by atoms with Gasteiger partial charge in [-0.1, -0.05) is 0 Å². The number of nitrogens with zero attached hydrogens (tertiary/aromatic N) is 1. The second kappa shape index (κ2) is 6.15. The Morgan fingerprint density at radius 2 is 1.79 bits per heavy atom. The van der Waals surface area contributed by atoms with Gasteiger partial charge in [-0.15, -0.1) is 0 Å². The van der Waals surface area contributed by atoms with Gasteiger partial charge >= 0.3 is 0 Å². The van der Waals surface area contributed by atoms with Gasteiger partial charge in [0.15, 0.2) is 11.5 Å². The zero-order chi connectivity index (χ0) is 12.9. The van der Waals surface area contributed by atoms with Crippen molar-refractivity contribution in [3.05, 3.63) is 18.2 Å². The van der Waals surface area contributed by atoms with Crippen LogP contribution in [0.3, 0.4) is 0 Å². The first kappa shape index (κ1) is 12.6. The third-order valence-corrected chi connectivity index (χ3v) is 3.70. The van der Waals surface area contributed by atoms with Crippen molar-refractivity contribution in [1.82, 2.24) is 4.90 Å². The highest BCUT2D eigenvalue weighted by Crippen LogP contribution is 2.32. The van der Waals surface area contributed by atoms with Crippen LogP contribution in [-0.2, 0) is 0 Å². The van der Waals surface area contributed by atoms with Crippen LogP contribution in [0.4, 0.5) is 5.69 Å². The molecule has 1 saturated heterocycles. The topological polar surface area (TPSA) is 33.7 Å². The van der Waals surface area contributed by atoms with E-state index in [4.69, 9.17) is 9.47 Å². The maximum atomic E-state index is 5.69. The molecule has 0 saturated carbocycles. The molecule has 1 N–H and O–H groups in total. The highest BCUT2D eigenvalue weighted by atomic mass is 16.5. The lowest BCUT2D eigenvalue weighted by Crippen LogP contribution is -2.25. The van der Waals surface area contributed by atoms with Crippen molar-refractivity contribution in [2.45, 2.75) is 19.3 Å². The molecule has 0 atom stereocenters. The standard InChI is InChI=1S/C15H22N2O2/c1-2-8-17(7-1)9-6-16-13-4-5-14-15(12-13)19-11-3-10-18-14/h4-5,12,16H,1-3,6-11H2. The molecule has 0 unspecified atom stereocenters. The highest BCUT2D eigenvalue weighted by Gasteiger charge is 2.12. The normalized spacial score (nSPS) is 19.2. The van der Waals surface area contributed by atoms with Gasteiger partial charge in [0.1, 0.15) is 0 Å². The number of likely N-dealkylation sites (tertiary alicyclic amines) is 1. The summed E-state index contributed by atoms with van der Waals surface area (Å²) in [4.78, 5) is 2.51. The number of benzene rings is 1. The third kappa shape index (κ3) is 3.32. The molecule has 0 bridgehead atoms. The van der Waals surface area contributed by atoms with Gasteiger partial charge < -0.3 is 19.7 Å². The molecule has 0 spiro atoms. The van der Waals surface area contributed by atoms with E-state index in [-0.39, 0.29) is 0 Å². The lowest BCUT2D eigenvalue weighted by atomic mass is 10.2. The molecule has 2 aliphatic rings. The largest absolute Gasteiger partial charge is 0.490 e. The van der Waals surface area contributed by atoms with E-state index in [0.29, 0.717) is 0 Å². The van der Waals surface area contributed by atoms with Gasteiger partial charge in [0.25, 0.3) is 0 Å². The molecule has 0 radical (unpaired) electrons. The molecule has 3 rings (SSSR count). The number of ether oxygens (including phenoxy) is 2. The second-order valence-electron chi connectivity index (χ2n) is 5.19. The molecule has 0 aromatic heterocycles. The van der Waals surface area contributed by atoms with Crippen molar-refractivity contribution in [2.75, 3.05) is 44.7 Å². The lowest BCUT2D eigenvalue weighted by molar-refractivity contribution is 0.297. The summed E-state index contributed by atoms with van der Waals surface area (Å²) < 4.78 is 11.3. The first-order valence-corrected chi connectivity index (χ1v) is 7.28. The SMILES string of the molecule is c1cc2c(cc1NCCN1CCCC1)OCCCO2. The summed E-state index contributed by atoms with van der Waals surface area (Å²) in [7, 11) is 0. The van der Waals surface area contributed by atoms with Gasteiger partial charge in [0, 0.05) is 31.3 Å². The molecule has 1 aromatic carbocycles. The van der Waals surface area contributed by atoms with E-state index in [0.717, 1.165) is 49.9 Å². The summed E-state index contributed by atoms with van der Waals surface area (Å²) >= 11 is 0. The van der Waals surface area contributed by atoms with E-state index in [1.807, 2.05) is 12.1 Å². The van der Waals surface area contributed by atoms with Crippen LogP contribution in [0.2, 0.25) is 0 Å². The Labute approximate surface area is 114 Å². The molecule has 0 amide bonds. The minimum absolute atomic E-state index is 0.740. The maximum absolute atomic E-state index is 5.69. The summed E-state index contributed by atoms with van der Waals surface area (Å²) in [6.45, 7) is 6.10. The summed E-state index contributed by atoms with van der Waals surface area (Å²) in [5.41, 5.74) is 1.11. The molecular formula is C15H22N2O2. The highest BCUT2D eigenvalue weighted by molar-refractivity contribution is 5.54. The van der Waals surface area contributed by atoms with Crippen LogP contribution in [0.25, 0.3) is 0 Å². The van der Waals surface area contributed by atoms with E-state index < -0.39 is 0 Å². The van der Waals surface area contributed by atoms with Crippen molar-refractivity contribution in [3.63, 3.8) is 0 Å². The third-order valence-electron chi connectivity index (χ3n) is 3.70. The van der Waals surface area contributed by atoms with Crippen molar-refractivity contribution in [2.24, 2.45) is 0 Å². The monoisotopic (exact) mass is 262 g/mol. The molecule has 1 aromatic rings. The van der Waals surface area contributed by atoms with Crippen molar-refractivity contribution >= 4 is 5.69 Å². The predicted octanol–water partition coefficient (Wildman–Crippen LogP) is 2.36. The molecule has 2 heterocycles. The van der Waals surface area contributed by atoms with Crippen LogP contribution in [0, 0.1) is 0 Å². The van der Waals surface area contributed by atoms with E-state index in [1.54, 1.807) is 0 Å². The number of fused-ring (bicyclic) bond motifs is 1. The molecule has 0 aliphatic carbocycles. The van der Waals surface area contributed by atoms with Crippen LogP contribution >= 0.6 is 0 Å². The molecule has 4 heteroatoms. The van der Waals surface area contributed by atoms with Gasteiger partial charge in [-0.05, 0) is 38.1 Å². The van der Waals surface area contributed by atoms with Gasteiger partial charge in [0.2, 0.25) is 0 Å². The molecular weight excluding hydrogens is 240 g/mol. The second-order valence-corrected chi connectivity index (χ2v) is 5.19. The minimum atomic E-state index is 0.740. The summed E-state index contributed by atoms with van der Waals surface area (Å²) in [5, 5.41) is 3.46. The minimum Gasteiger partial charge on any atom is -0.490 e. The molecule has 1 fully saturated rings. The van der Waals surface area contributed by atoms with Gasteiger partial charge in [-0.3, -0.25) is 0 Å². The fourth-order valence-corrected chi connectivity index (χ4v) is 2.64. The maximum Gasteiger partial charge on any atom is 0.163 e. The molecule has 104 valence electrons. The zero-order valence-electron chi connectivity index (χ0n) is 11.4. The molecule has 2 aliphatic heterocycles. The van der Waals surface area contributed by atoms with Gasteiger partial charge in [-0.25, -0.2) is 0 Å². The van der Waals surface area contributed by atoms with E-state index in [2.05, 4.69) is 16.3 Å². The first-order chi connectivity index (χ1) is 9.42. The Morgan fingerprint density at radius 1 is 1.00 bits per heavy atom. The predicted molar refractivity (Wildman–Crippen MR) is 76.2 cm³/mol. The summed E-state index contributed by atoms with van der Waals surface area (Å²) in [6, 6.07) is 6.11. The number of anilines is 1.